The Bertz CT molecular complexity index is 760. The highest BCUT2D eigenvalue weighted by atomic mass is 16.5. The first-order valence-electron chi connectivity index (χ1n) is 8.54. The lowest BCUT2D eigenvalue weighted by Crippen LogP contribution is -2.44. The number of carbonyl (C=O) groups excluding carboxylic acids is 1. The van der Waals surface area contributed by atoms with E-state index >= 15 is 0 Å². The summed E-state index contributed by atoms with van der Waals surface area (Å²) in [5, 5.41) is 12.9. The van der Waals surface area contributed by atoms with E-state index in [1.807, 2.05) is 0 Å². The predicted octanol–water partition coefficient (Wildman–Crippen LogP) is 2.58. The molecule has 1 amide bonds. The molecule has 0 aromatic heterocycles. The molecule has 5 nitrogen and oxygen atoms in total. The average molecular weight is 340 g/mol. The molecule has 1 aliphatic rings. The maximum atomic E-state index is 12.3. The molecule has 1 unspecified atom stereocenters. The van der Waals surface area contributed by atoms with E-state index in [0.29, 0.717) is 12.3 Å². The number of benzene rings is 2. The van der Waals surface area contributed by atoms with Crippen LogP contribution in [0.2, 0.25) is 0 Å². The van der Waals surface area contributed by atoms with Crippen LogP contribution in [0.25, 0.3) is 0 Å². The van der Waals surface area contributed by atoms with Gasteiger partial charge < -0.3 is 15.2 Å². The van der Waals surface area contributed by atoms with Crippen molar-refractivity contribution in [1.29, 1.82) is 0 Å². The number of hydrogen-bond donors (Lipinski definition) is 2. The lowest BCUT2D eigenvalue weighted by molar-refractivity contribution is 0.0930. The Hall–Kier alpha value is -2.53. The molecule has 132 valence electrons. The van der Waals surface area contributed by atoms with Gasteiger partial charge in [-0.05, 0) is 36.6 Å². The van der Waals surface area contributed by atoms with Crippen LogP contribution in [0.15, 0.2) is 42.5 Å². The molecule has 0 bridgehead atoms. The Labute approximate surface area is 148 Å². The van der Waals surface area contributed by atoms with Crippen molar-refractivity contribution in [2.75, 3.05) is 20.2 Å². The van der Waals surface area contributed by atoms with E-state index in [-0.39, 0.29) is 23.3 Å². The van der Waals surface area contributed by atoms with Crippen molar-refractivity contribution in [3.05, 3.63) is 59.2 Å². The second-order valence-electron chi connectivity index (χ2n) is 6.43. The molecular formula is C20H24N2O3. The number of aromatic hydroxyl groups is 1. The van der Waals surface area contributed by atoms with Crippen molar-refractivity contribution in [1.82, 2.24) is 10.2 Å². The maximum absolute atomic E-state index is 12.3. The summed E-state index contributed by atoms with van der Waals surface area (Å²) in [6, 6.07) is 13.4. The van der Waals surface area contributed by atoms with Crippen LogP contribution < -0.4 is 10.1 Å². The third kappa shape index (κ3) is 3.94. The van der Waals surface area contributed by atoms with E-state index in [0.717, 1.165) is 19.5 Å². The van der Waals surface area contributed by atoms with Gasteiger partial charge in [-0.1, -0.05) is 24.3 Å². The van der Waals surface area contributed by atoms with Gasteiger partial charge in [0.25, 0.3) is 5.91 Å². The summed E-state index contributed by atoms with van der Waals surface area (Å²) in [4.78, 5) is 14.7. The molecule has 3 rings (SSSR count). The molecule has 2 aromatic rings. The number of fused-ring (bicyclic) bond motifs is 1. The normalized spacial score (nSPS) is 15.3. The van der Waals surface area contributed by atoms with Gasteiger partial charge in [0.15, 0.2) is 0 Å². The van der Waals surface area contributed by atoms with Gasteiger partial charge in [-0.3, -0.25) is 9.69 Å². The first-order chi connectivity index (χ1) is 12.1. The fourth-order valence-corrected chi connectivity index (χ4v) is 3.19. The van der Waals surface area contributed by atoms with Crippen molar-refractivity contribution in [2.45, 2.75) is 25.9 Å². The third-order valence-corrected chi connectivity index (χ3v) is 4.79. The molecule has 1 atom stereocenters. The number of carbonyl (C=O) groups is 1. The lowest BCUT2D eigenvalue weighted by atomic mass is 9.99. The van der Waals surface area contributed by atoms with E-state index in [9.17, 15) is 9.90 Å². The molecule has 25 heavy (non-hydrogen) atoms. The van der Waals surface area contributed by atoms with Crippen molar-refractivity contribution >= 4 is 5.91 Å². The van der Waals surface area contributed by atoms with Crippen molar-refractivity contribution < 1.29 is 14.6 Å². The Balaban J connectivity index is 1.57. The number of nitrogens with one attached hydrogen (secondary N) is 1. The lowest BCUT2D eigenvalue weighted by Gasteiger charge is -2.33. The number of ether oxygens (including phenoxy) is 1. The molecule has 0 aliphatic carbocycles. The minimum Gasteiger partial charge on any atom is -0.507 e. The molecule has 0 spiro atoms. The highest BCUT2D eigenvalue weighted by Crippen LogP contribution is 2.23. The standard InChI is InChI=1S/C20H24N2O3/c1-14(22-10-9-15-5-3-4-6-16(15)13-22)12-21-20(24)18-8-7-17(25-2)11-19(18)23/h3-8,11,14,23H,9-10,12-13H2,1-2H3,(H,21,24). The Morgan fingerprint density at radius 1 is 1.28 bits per heavy atom. The summed E-state index contributed by atoms with van der Waals surface area (Å²) in [7, 11) is 1.52. The van der Waals surface area contributed by atoms with Crippen LogP contribution in [-0.2, 0) is 13.0 Å². The van der Waals surface area contributed by atoms with Gasteiger partial charge in [0.2, 0.25) is 0 Å². The molecule has 0 radical (unpaired) electrons. The molecule has 0 saturated carbocycles. The molecule has 0 saturated heterocycles. The second kappa shape index (κ2) is 7.57. The van der Waals surface area contributed by atoms with Gasteiger partial charge in [0.05, 0.1) is 12.7 Å². The zero-order valence-electron chi connectivity index (χ0n) is 14.7. The monoisotopic (exact) mass is 340 g/mol. The minimum atomic E-state index is -0.274. The number of nitrogens with zero attached hydrogens (tertiary/aromatic N) is 1. The summed E-state index contributed by atoms with van der Waals surface area (Å²) in [6.45, 7) is 4.54. The minimum absolute atomic E-state index is 0.0728. The molecular weight excluding hydrogens is 316 g/mol. The van der Waals surface area contributed by atoms with E-state index in [4.69, 9.17) is 4.74 Å². The van der Waals surface area contributed by atoms with Gasteiger partial charge in [0, 0.05) is 31.7 Å². The number of methoxy groups -OCH3 is 1. The summed E-state index contributed by atoms with van der Waals surface area (Å²) < 4.78 is 5.04. The fraction of sp³-hybridized carbons (Fsp3) is 0.350. The summed E-state index contributed by atoms with van der Waals surface area (Å²) in [5.41, 5.74) is 3.04. The van der Waals surface area contributed by atoms with Crippen molar-refractivity contribution in [3.63, 3.8) is 0 Å². The van der Waals surface area contributed by atoms with Crippen LogP contribution in [0.3, 0.4) is 0 Å². The number of rotatable bonds is 5. The first kappa shape index (κ1) is 17.3. The van der Waals surface area contributed by atoms with Crippen molar-refractivity contribution in [2.24, 2.45) is 0 Å². The molecule has 2 N–H and O–H groups in total. The smallest absolute Gasteiger partial charge is 0.255 e. The Kier molecular flexibility index (Phi) is 5.24. The number of hydrogen-bond acceptors (Lipinski definition) is 4. The maximum Gasteiger partial charge on any atom is 0.255 e. The van der Waals surface area contributed by atoms with Gasteiger partial charge in [-0.15, -0.1) is 0 Å². The topological polar surface area (TPSA) is 61.8 Å². The zero-order chi connectivity index (χ0) is 17.8. The van der Waals surface area contributed by atoms with Crippen LogP contribution in [-0.4, -0.2) is 42.2 Å². The first-order valence-corrected chi connectivity index (χ1v) is 8.54. The molecule has 1 aliphatic heterocycles. The van der Waals surface area contributed by atoms with Crippen molar-refractivity contribution in [3.8, 4) is 11.5 Å². The van der Waals surface area contributed by atoms with Crippen LogP contribution >= 0.6 is 0 Å². The predicted molar refractivity (Wildman–Crippen MR) is 97.0 cm³/mol. The number of phenolic OH excluding ortho intramolecular Hbond substituents is 1. The van der Waals surface area contributed by atoms with Gasteiger partial charge in [0.1, 0.15) is 11.5 Å². The third-order valence-electron chi connectivity index (χ3n) is 4.79. The van der Waals surface area contributed by atoms with E-state index in [1.54, 1.807) is 12.1 Å². The van der Waals surface area contributed by atoms with E-state index in [1.165, 1.54) is 24.3 Å². The molecule has 2 aromatic carbocycles. The highest BCUT2D eigenvalue weighted by molar-refractivity contribution is 5.97. The number of phenols is 1. The molecule has 1 heterocycles. The van der Waals surface area contributed by atoms with Crippen LogP contribution in [0, 0.1) is 0 Å². The average Bonchev–Trinajstić information content (AvgIpc) is 2.65. The Morgan fingerprint density at radius 3 is 2.76 bits per heavy atom. The number of amides is 1. The van der Waals surface area contributed by atoms with Gasteiger partial charge in [-0.25, -0.2) is 0 Å². The van der Waals surface area contributed by atoms with Gasteiger partial charge in [-0.2, -0.15) is 0 Å². The Morgan fingerprint density at radius 2 is 2.04 bits per heavy atom. The summed E-state index contributed by atoms with van der Waals surface area (Å²) >= 11 is 0. The molecule has 0 fully saturated rings. The quantitative estimate of drug-likeness (QED) is 0.878. The summed E-state index contributed by atoms with van der Waals surface area (Å²) in [5.74, 6) is 0.176. The van der Waals surface area contributed by atoms with E-state index in [2.05, 4.69) is 41.4 Å². The van der Waals surface area contributed by atoms with E-state index < -0.39 is 0 Å². The van der Waals surface area contributed by atoms with Gasteiger partial charge >= 0.3 is 0 Å². The van der Waals surface area contributed by atoms with Crippen LogP contribution in [0.5, 0.6) is 11.5 Å². The zero-order valence-corrected chi connectivity index (χ0v) is 14.7. The highest BCUT2D eigenvalue weighted by Gasteiger charge is 2.21. The molecule has 5 heteroatoms. The van der Waals surface area contributed by atoms with Crippen LogP contribution in [0.1, 0.15) is 28.4 Å². The summed E-state index contributed by atoms with van der Waals surface area (Å²) in [6.07, 6.45) is 1.04. The SMILES string of the molecule is COc1ccc(C(=O)NCC(C)N2CCc3ccccc3C2)c(O)c1. The largest absolute Gasteiger partial charge is 0.507 e. The fourth-order valence-electron chi connectivity index (χ4n) is 3.19. The van der Waals surface area contributed by atoms with Crippen LogP contribution in [0.4, 0.5) is 0 Å². The second-order valence-corrected chi connectivity index (χ2v) is 6.43.